The molecule has 0 saturated heterocycles. The van der Waals surface area contributed by atoms with Crippen molar-refractivity contribution in [1.29, 1.82) is 0 Å². The van der Waals surface area contributed by atoms with Gasteiger partial charge in [0.15, 0.2) is 5.13 Å². The molecule has 2 aromatic carbocycles. The fourth-order valence-corrected chi connectivity index (χ4v) is 4.92. The standard InChI is InChI=1S/C27H32F2N4O2S/c1-4-8-23(32-24(34)15-20-13-21(28)16-22(29)14-20)26(35)33-27-31-18(3)25(36-27)17(2)30-12-11-19-9-6-5-7-10-19/h5-7,9-10,13-14,16-17,23,30H,4,8,11-12,15H2,1-3H3,(H,32,34)(H,31,33,35). The van der Waals surface area contributed by atoms with E-state index in [1.165, 1.54) is 16.9 Å². The Bertz CT molecular complexity index is 1150. The van der Waals surface area contributed by atoms with Crippen molar-refractivity contribution in [3.8, 4) is 0 Å². The minimum atomic E-state index is -0.782. The highest BCUT2D eigenvalue weighted by Gasteiger charge is 2.23. The van der Waals surface area contributed by atoms with Gasteiger partial charge in [-0.25, -0.2) is 13.8 Å². The van der Waals surface area contributed by atoms with Gasteiger partial charge in [0.2, 0.25) is 11.8 Å². The van der Waals surface area contributed by atoms with Gasteiger partial charge in [0.25, 0.3) is 0 Å². The highest BCUT2D eigenvalue weighted by Crippen LogP contribution is 2.28. The molecule has 0 fully saturated rings. The number of rotatable bonds is 12. The molecule has 0 bridgehead atoms. The molecule has 1 heterocycles. The van der Waals surface area contributed by atoms with Gasteiger partial charge in [0, 0.05) is 17.0 Å². The Kier molecular flexibility index (Phi) is 10.1. The van der Waals surface area contributed by atoms with E-state index in [1.807, 2.05) is 32.0 Å². The van der Waals surface area contributed by atoms with Crippen molar-refractivity contribution in [2.75, 3.05) is 11.9 Å². The molecule has 192 valence electrons. The second-order valence-electron chi connectivity index (χ2n) is 8.73. The summed E-state index contributed by atoms with van der Waals surface area (Å²) in [6, 6.07) is 12.5. The zero-order chi connectivity index (χ0) is 26.1. The number of aromatic nitrogens is 1. The molecule has 0 aliphatic heterocycles. The van der Waals surface area contributed by atoms with Crippen molar-refractivity contribution in [3.63, 3.8) is 0 Å². The molecule has 0 aliphatic rings. The molecule has 0 radical (unpaired) electrons. The van der Waals surface area contributed by atoms with E-state index in [0.29, 0.717) is 18.0 Å². The van der Waals surface area contributed by atoms with Crippen LogP contribution < -0.4 is 16.0 Å². The van der Waals surface area contributed by atoms with Gasteiger partial charge in [-0.2, -0.15) is 0 Å². The summed E-state index contributed by atoms with van der Waals surface area (Å²) in [6.07, 6.45) is 1.77. The molecule has 6 nitrogen and oxygen atoms in total. The number of hydrogen-bond donors (Lipinski definition) is 3. The quantitative estimate of drug-likeness (QED) is 0.314. The number of nitrogens with zero attached hydrogens (tertiary/aromatic N) is 1. The fourth-order valence-electron chi connectivity index (χ4n) is 3.93. The van der Waals surface area contributed by atoms with Crippen LogP contribution in [0.2, 0.25) is 0 Å². The molecule has 36 heavy (non-hydrogen) atoms. The van der Waals surface area contributed by atoms with Gasteiger partial charge in [-0.3, -0.25) is 9.59 Å². The van der Waals surface area contributed by atoms with Crippen LogP contribution in [0.25, 0.3) is 0 Å². The van der Waals surface area contributed by atoms with Crippen LogP contribution in [-0.4, -0.2) is 29.4 Å². The van der Waals surface area contributed by atoms with E-state index < -0.39 is 23.6 Å². The number of amides is 2. The van der Waals surface area contributed by atoms with Gasteiger partial charge in [-0.1, -0.05) is 55.0 Å². The SMILES string of the molecule is CCCC(NC(=O)Cc1cc(F)cc(F)c1)C(=O)Nc1nc(C)c(C(C)NCCc2ccccc2)s1. The molecule has 2 amide bonds. The van der Waals surface area contributed by atoms with Crippen LogP contribution in [0.3, 0.4) is 0 Å². The number of benzene rings is 2. The third-order valence-corrected chi connectivity index (χ3v) is 6.93. The first kappa shape index (κ1) is 27.4. The highest BCUT2D eigenvalue weighted by molar-refractivity contribution is 7.16. The number of nitrogens with one attached hydrogen (secondary N) is 3. The van der Waals surface area contributed by atoms with Gasteiger partial charge in [0.1, 0.15) is 17.7 Å². The van der Waals surface area contributed by atoms with Crippen LogP contribution >= 0.6 is 11.3 Å². The number of carbonyl (C=O) groups excluding carboxylic acids is 2. The molecule has 2 unspecified atom stereocenters. The van der Waals surface area contributed by atoms with Gasteiger partial charge < -0.3 is 16.0 Å². The predicted octanol–water partition coefficient (Wildman–Crippen LogP) is 5.09. The minimum Gasteiger partial charge on any atom is -0.344 e. The maximum Gasteiger partial charge on any atom is 0.248 e. The number of halogens is 2. The summed E-state index contributed by atoms with van der Waals surface area (Å²) < 4.78 is 26.8. The average Bonchev–Trinajstić information content (AvgIpc) is 3.18. The maximum atomic E-state index is 13.4. The minimum absolute atomic E-state index is 0.0645. The van der Waals surface area contributed by atoms with Crippen LogP contribution in [0, 0.1) is 18.6 Å². The maximum absolute atomic E-state index is 13.4. The third-order valence-electron chi connectivity index (χ3n) is 5.68. The lowest BCUT2D eigenvalue weighted by molar-refractivity contribution is -0.126. The zero-order valence-electron chi connectivity index (χ0n) is 20.7. The molecule has 1 aromatic heterocycles. The van der Waals surface area contributed by atoms with Crippen LogP contribution in [-0.2, 0) is 22.4 Å². The van der Waals surface area contributed by atoms with Crippen molar-refractivity contribution in [2.45, 2.75) is 58.5 Å². The van der Waals surface area contributed by atoms with Gasteiger partial charge >= 0.3 is 0 Å². The first-order valence-electron chi connectivity index (χ1n) is 12.0. The van der Waals surface area contributed by atoms with Gasteiger partial charge in [-0.05, 0) is 56.5 Å². The fraction of sp³-hybridized carbons (Fsp3) is 0.370. The predicted molar refractivity (Wildman–Crippen MR) is 139 cm³/mol. The van der Waals surface area contributed by atoms with E-state index in [4.69, 9.17) is 0 Å². The molecular weight excluding hydrogens is 482 g/mol. The number of anilines is 1. The molecule has 9 heteroatoms. The molecular formula is C27H32F2N4O2S. The van der Waals surface area contributed by atoms with Crippen LogP contribution in [0.4, 0.5) is 13.9 Å². The summed E-state index contributed by atoms with van der Waals surface area (Å²) in [5.41, 5.74) is 2.30. The van der Waals surface area contributed by atoms with Crippen molar-refractivity contribution < 1.29 is 18.4 Å². The largest absolute Gasteiger partial charge is 0.344 e. The summed E-state index contributed by atoms with van der Waals surface area (Å²) >= 11 is 1.40. The van der Waals surface area contributed by atoms with Crippen molar-refractivity contribution >= 4 is 28.3 Å². The Morgan fingerprint density at radius 2 is 1.75 bits per heavy atom. The normalized spacial score (nSPS) is 12.7. The van der Waals surface area contributed by atoms with Crippen molar-refractivity contribution in [1.82, 2.24) is 15.6 Å². The van der Waals surface area contributed by atoms with E-state index in [1.54, 1.807) is 0 Å². The Hall–Kier alpha value is -3.17. The van der Waals surface area contributed by atoms with Crippen molar-refractivity contribution in [3.05, 3.63) is 81.9 Å². The topological polar surface area (TPSA) is 83.1 Å². The summed E-state index contributed by atoms with van der Waals surface area (Å²) in [6.45, 7) is 6.68. The number of thiazole rings is 1. The Morgan fingerprint density at radius 1 is 1.06 bits per heavy atom. The van der Waals surface area contributed by atoms with Crippen LogP contribution in [0.1, 0.15) is 54.4 Å². The molecule has 0 aliphatic carbocycles. The Morgan fingerprint density at radius 3 is 2.42 bits per heavy atom. The molecule has 3 rings (SSSR count). The van der Waals surface area contributed by atoms with E-state index in [0.717, 1.165) is 41.7 Å². The average molecular weight is 515 g/mol. The summed E-state index contributed by atoms with van der Waals surface area (Å²) in [7, 11) is 0. The Labute approximate surface area is 214 Å². The Balaban J connectivity index is 1.56. The van der Waals surface area contributed by atoms with Crippen LogP contribution in [0.5, 0.6) is 0 Å². The molecule has 3 N–H and O–H groups in total. The highest BCUT2D eigenvalue weighted by atomic mass is 32.1. The molecule has 2 atom stereocenters. The number of carbonyl (C=O) groups is 2. The smallest absolute Gasteiger partial charge is 0.248 e. The van der Waals surface area contributed by atoms with Crippen molar-refractivity contribution in [2.24, 2.45) is 0 Å². The molecule has 0 saturated carbocycles. The lowest BCUT2D eigenvalue weighted by Gasteiger charge is -2.17. The summed E-state index contributed by atoms with van der Waals surface area (Å²) in [4.78, 5) is 30.9. The second-order valence-corrected chi connectivity index (χ2v) is 9.76. The third kappa shape index (κ3) is 8.20. The van der Waals surface area contributed by atoms with Crippen LogP contribution in [0.15, 0.2) is 48.5 Å². The van der Waals surface area contributed by atoms with E-state index in [2.05, 4.69) is 40.0 Å². The number of hydrogen-bond acceptors (Lipinski definition) is 5. The first-order valence-corrected chi connectivity index (χ1v) is 12.9. The monoisotopic (exact) mass is 514 g/mol. The summed E-state index contributed by atoms with van der Waals surface area (Å²) in [5.74, 6) is -2.36. The molecule has 3 aromatic rings. The number of aryl methyl sites for hydroxylation is 1. The lowest BCUT2D eigenvalue weighted by atomic mass is 10.1. The van der Waals surface area contributed by atoms with Gasteiger partial charge in [-0.15, -0.1) is 0 Å². The van der Waals surface area contributed by atoms with E-state index in [9.17, 15) is 18.4 Å². The van der Waals surface area contributed by atoms with Gasteiger partial charge in [0.05, 0.1) is 12.1 Å². The molecule has 0 spiro atoms. The lowest BCUT2D eigenvalue weighted by Crippen LogP contribution is -2.44. The van der Waals surface area contributed by atoms with E-state index >= 15 is 0 Å². The second kappa shape index (κ2) is 13.2. The van der Waals surface area contributed by atoms with E-state index in [-0.39, 0.29) is 23.9 Å². The zero-order valence-corrected chi connectivity index (χ0v) is 21.6. The summed E-state index contributed by atoms with van der Waals surface area (Å²) in [5, 5.41) is 9.47. The first-order chi connectivity index (χ1) is 17.2.